The van der Waals surface area contributed by atoms with E-state index in [1.165, 1.54) is 59.5 Å². The van der Waals surface area contributed by atoms with Crippen LogP contribution < -0.4 is 21.3 Å². The molecule has 0 radical (unpaired) electrons. The van der Waals surface area contributed by atoms with Crippen LogP contribution in [0.4, 0.5) is 14.5 Å². The Hall–Kier alpha value is -6.63. The van der Waals surface area contributed by atoms with Gasteiger partial charge in [0.15, 0.2) is 0 Å². The van der Waals surface area contributed by atoms with Crippen molar-refractivity contribution in [3.63, 3.8) is 0 Å². The minimum atomic E-state index is -4.41. The van der Waals surface area contributed by atoms with E-state index in [1.807, 2.05) is 11.6 Å². The number of aromatic nitrogens is 7. The fraction of sp³-hybridized carbons (Fsp3) is 0.152. The minimum Gasteiger partial charge on any atom is -0.480 e. The van der Waals surface area contributed by atoms with Crippen molar-refractivity contribution in [1.29, 1.82) is 0 Å². The first kappa shape index (κ1) is 35.2. The number of hydrogen-bond acceptors (Lipinski definition) is 10. The van der Waals surface area contributed by atoms with Crippen molar-refractivity contribution in [3.8, 4) is 11.5 Å². The second-order valence-electron chi connectivity index (χ2n) is 11.4. The molecule has 6 rings (SSSR count). The molecule has 266 valence electrons. The topological polar surface area (TPSA) is 224 Å². The van der Waals surface area contributed by atoms with Crippen molar-refractivity contribution in [2.24, 2.45) is 0 Å². The molecule has 0 aliphatic rings. The second kappa shape index (κ2) is 13.9. The van der Waals surface area contributed by atoms with Gasteiger partial charge in [-0.1, -0.05) is 18.2 Å². The molecule has 2 aromatic carbocycles. The number of H-pyrrole nitrogens is 1. The zero-order chi connectivity index (χ0) is 37.3. The van der Waals surface area contributed by atoms with Crippen molar-refractivity contribution in [1.82, 2.24) is 39.8 Å². The number of halogens is 2. The lowest BCUT2D eigenvalue weighted by Gasteiger charge is -2.16. The molecule has 0 aliphatic carbocycles. The molecule has 4 aromatic heterocycles. The average Bonchev–Trinajstić information content (AvgIpc) is 3.60. The quantitative estimate of drug-likeness (QED) is 0.151. The third-order valence-corrected chi connectivity index (χ3v) is 9.33. The molecular formula is C33H27F2N9O7S. The summed E-state index contributed by atoms with van der Waals surface area (Å²) >= 11 is 0. The highest BCUT2D eigenvalue weighted by Gasteiger charge is 2.26. The lowest BCUT2D eigenvalue weighted by atomic mass is 10.1. The van der Waals surface area contributed by atoms with Crippen molar-refractivity contribution in [2.75, 3.05) is 4.72 Å². The number of carbonyl (C=O) groups is 2. The van der Waals surface area contributed by atoms with Gasteiger partial charge in [-0.3, -0.25) is 19.3 Å². The number of nitrogens with one attached hydrogen (secondary N) is 3. The molecule has 0 fully saturated rings. The first-order chi connectivity index (χ1) is 24.7. The Labute approximate surface area is 291 Å². The molecule has 52 heavy (non-hydrogen) atoms. The molecule has 0 saturated heterocycles. The number of fused-ring (bicyclic) bond motifs is 1. The van der Waals surface area contributed by atoms with E-state index in [2.05, 4.69) is 30.6 Å². The molecule has 0 saturated carbocycles. The van der Waals surface area contributed by atoms with Crippen LogP contribution in [-0.2, 0) is 27.7 Å². The van der Waals surface area contributed by atoms with Gasteiger partial charge in [-0.05, 0) is 61.4 Å². The van der Waals surface area contributed by atoms with Crippen LogP contribution in [0.2, 0.25) is 0 Å². The van der Waals surface area contributed by atoms with Gasteiger partial charge in [-0.15, -0.1) is 5.10 Å². The maximum absolute atomic E-state index is 15.1. The van der Waals surface area contributed by atoms with Gasteiger partial charge in [-0.25, -0.2) is 41.0 Å². The molecule has 19 heteroatoms. The number of hydrogen-bond donors (Lipinski definition) is 4. The summed E-state index contributed by atoms with van der Waals surface area (Å²) in [5.41, 5.74) is -0.914. The number of benzene rings is 2. The summed E-state index contributed by atoms with van der Waals surface area (Å²) in [6.45, 7) is 3.52. The molecule has 0 unspecified atom stereocenters. The first-order valence-electron chi connectivity index (χ1n) is 15.4. The number of rotatable bonds is 11. The highest BCUT2D eigenvalue weighted by Crippen LogP contribution is 2.24. The predicted octanol–water partition coefficient (Wildman–Crippen LogP) is 2.43. The Bertz CT molecular complexity index is 2590. The molecule has 1 amide bonds. The number of pyridine rings is 2. The van der Waals surface area contributed by atoms with Crippen molar-refractivity contribution >= 4 is 38.5 Å². The number of sulfonamides is 1. The van der Waals surface area contributed by atoms with Crippen LogP contribution in [0.1, 0.15) is 34.2 Å². The number of nitrogens with zero attached hydrogens (tertiary/aromatic N) is 6. The average molecular weight is 732 g/mol. The van der Waals surface area contributed by atoms with Gasteiger partial charge in [0.05, 0.1) is 50.3 Å². The summed E-state index contributed by atoms with van der Waals surface area (Å²) in [5.74, 6) is -5.52. The lowest BCUT2D eigenvalue weighted by molar-refractivity contribution is -0.139. The largest absolute Gasteiger partial charge is 0.480 e. The van der Waals surface area contributed by atoms with Gasteiger partial charge < -0.3 is 15.4 Å². The van der Waals surface area contributed by atoms with E-state index in [-0.39, 0.29) is 33.6 Å². The highest BCUT2D eigenvalue weighted by atomic mass is 32.2. The van der Waals surface area contributed by atoms with Gasteiger partial charge in [0.25, 0.3) is 21.5 Å². The van der Waals surface area contributed by atoms with Gasteiger partial charge in [0, 0.05) is 24.9 Å². The molecule has 4 N–H and O–H groups in total. The summed E-state index contributed by atoms with van der Waals surface area (Å²) in [4.78, 5) is 61.2. The van der Waals surface area contributed by atoms with Gasteiger partial charge >= 0.3 is 11.7 Å². The summed E-state index contributed by atoms with van der Waals surface area (Å²) in [6, 6.07) is 8.73. The third-order valence-electron chi connectivity index (χ3n) is 7.95. The Morgan fingerprint density at radius 1 is 1.02 bits per heavy atom. The van der Waals surface area contributed by atoms with Crippen LogP contribution >= 0.6 is 0 Å². The van der Waals surface area contributed by atoms with Crippen molar-refractivity contribution in [2.45, 2.75) is 37.6 Å². The zero-order valence-electron chi connectivity index (χ0n) is 27.2. The molecule has 6 aromatic rings. The zero-order valence-corrected chi connectivity index (χ0v) is 28.0. The number of carboxylic acids is 1. The Morgan fingerprint density at radius 2 is 1.77 bits per heavy atom. The standard InChI is InChI=1S/C33H27F2N9O7S/c1-3-19-16-43(42-40-19)20-5-7-21(8-6-20)52(50,51)41-26-14-24(34)23(13-25(26)35)30(45)38-27(32(47)48)12-18-4-9-28(37-15-18)44-31(46)22-10-11-36-17(2)29(22)39-33(44)49/h4-11,13-16,27,41H,3,12H2,1-2H3,(H,38,45)(H,39,49)(H,47,48)/t27-/m0/s1. The Balaban J connectivity index is 1.15. The SMILES string of the molecule is CCc1cn(-c2ccc(S(=O)(=O)Nc3cc(F)c(C(=O)N[C@@H](Cc4ccc(-n5c(=O)[nH]c6c(C)nccc6c5=O)nc4)C(=O)O)cc3F)cc2)nn1. The van der Waals surface area contributed by atoms with Crippen LogP contribution in [0.15, 0.2) is 87.7 Å². The molecule has 16 nitrogen and oxygen atoms in total. The van der Waals surface area contributed by atoms with Gasteiger partial charge in [0.2, 0.25) is 0 Å². The monoisotopic (exact) mass is 731 g/mol. The molecule has 0 aliphatic heterocycles. The number of carboxylic acid groups (broad SMARTS) is 1. The molecule has 0 spiro atoms. The van der Waals surface area contributed by atoms with Crippen molar-refractivity contribution < 1.29 is 31.9 Å². The summed E-state index contributed by atoms with van der Waals surface area (Å²) in [6.07, 6.45) is 4.55. The van der Waals surface area contributed by atoms with E-state index in [0.29, 0.717) is 29.9 Å². The lowest BCUT2D eigenvalue weighted by Crippen LogP contribution is -2.42. The minimum absolute atomic E-state index is 0.0650. The first-order valence-corrected chi connectivity index (χ1v) is 16.9. The number of anilines is 1. The molecular weight excluding hydrogens is 704 g/mol. The van der Waals surface area contributed by atoms with Crippen LogP contribution in [0.3, 0.4) is 0 Å². The van der Waals surface area contributed by atoms with E-state index in [4.69, 9.17) is 0 Å². The number of aryl methyl sites for hydroxylation is 2. The number of aromatic amines is 1. The third kappa shape index (κ3) is 7.01. The van der Waals surface area contributed by atoms with Crippen LogP contribution in [0.25, 0.3) is 22.4 Å². The number of carbonyl (C=O) groups excluding carboxylic acids is 1. The van der Waals surface area contributed by atoms with E-state index in [0.717, 1.165) is 10.3 Å². The van der Waals surface area contributed by atoms with Crippen LogP contribution in [0, 0.1) is 18.6 Å². The van der Waals surface area contributed by atoms with Gasteiger partial charge in [-0.2, -0.15) is 0 Å². The Morgan fingerprint density at radius 3 is 2.42 bits per heavy atom. The van der Waals surface area contributed by atoms with Crippen LogP contribution in [-0.4, -0.2) is 66.0 Å². The van der Waals surface area contributed by atoms with Gasteiger partial charge in [0.1, 0.15) is 23.5 Å². The van der Waals surface area contributed by atoms with Crippen LogP contribution in [0.5, 0.6) is 0 Å². The maximum atomic E-state index is 15.1. The van der Waals surface area contributed by atoms with Crippen molar-refractivity contribution in [3.05, 3.63) is 128 Å². The molecule has 1 atom stereocenters. The smallest absolute Gasteiger partial charge is 0.334 e. The fourth-order valence-corrected chi connectivity index (χ4v) is 6.25. The van der Waals surface area contributed by atoms with E-state index in [9.17, 15) is 32.7 Å². The highest BCUT2D eigenvalue weighted by molar-refractivity contribution is 7.92. The predicted molar refractivity (Wildman–Crippen MR) is 181 cm³/mol. The number of amides is 1. The molecule has 4 heterocycles. The second-order valence-corrected chi connectivity index (χ2v) is 13.1. The van der Waals surface area contributed by atoms with E-state index < -0.39 is 62.1 Å². The normalized spacial score (nSPS) is 12.1. The number of aliphatic carboxylic acids is 1. The van der Waals surface area contributed by atoms with E-state index in [1.54, 1.807) is 13.1 Å². The van der Waals surface area contributed by atoms with E-state index >= 15 is 8.78 Å². The maximum Gasteiger partial charge on any atom is 0.334 e. The summed E-state index contributed by atoms with van der Waals surface area (Å²) in [7, 11) is -4.41. The molecule has 0 bridgehead atoms. The summed E-state index contributed by atoms with van der Waals surface area (Å²) in [5, 5.41) is 20.0. The Kier molecular flexibility index (Phi) is 9.44. The summed E-state index contributed by atoms with van der Waals surface area (Å²) < 4.78 is 60.3. The fourth-order valence-electron chi connectivity index (χ4n) is 5.19.